The molecule has 2 spiro atoms. The maximum absolute atomic E-state index is 13.7. The number of ether oxygens (including phenoxy) is 2. The van der Waals surface area contributed by atoms with Crippen molar-refractivity contribution in [2.24, 2.45) is 11.8 Å². The fraction of sp³-hybridized carbons (Fsp3) is 0.667. The van der Waals surface area contributed by atoms with Crippen molar-refractivity contribution in [3.05, 3.63) is 34.4 Å². The van der Waals surface area contributed by atoms with E-state index in [0.29, 0.717) is 61.5 Å². The van der Waals surface area contributed by atoms with Crippen molar-refractivity contribution in [1.82, 2.24) is 0 Å². The van der Waals surface area contributed by atoms with E-state index in [1.165, 1.54) is 25.7 Å². The van der Waals surface area contributed by atoms with E-state index in [9.17, 15) is 30.0 Å². The Bertz CT molecular complexity index is 1930. The van der Waals surface area contributed by atoms with Crippen LogP contribution in [-0.2, 0) is 33.3 Å². The van der Waals surface area contributed by atoms with Gasteiger partial charge in [-0.25, -0.2) is 0 Å². The molecule has 0 radical (unpaired) electrons. The van der Waals surface area contributed by atoms with E-state index >= 15 is 0 Å². The second kappa shape index (κ2) is 9.19. The number of carbonyl (C=O) groups is 2. The second-order valence-corrected chi connectivity index (χ2v) is 19.6. The zero-order valence-electron chi connectivity index (χ0n) is 30.2. The van der Waals surface area contributed by atoms with Gasteiger partial charge in [0, 0.05) is 72.6 Å². The predicted molar refractivity (Wildman–Crippen MR) is 187 cm³/mol. The molecule has 4 heterocycles. The Morgan fingerprint density at radius 2 is 1.08 bits per heavy atom. The van der Waals surface area contributed by atoms with Crippen LogP contribution in [0, 0.1) is 11.8 Å². The maximum Gasteiger partial charge on any atom is 0.174 e. The van der Waals surface area contributed by atoms with Gasteiger partial charge in [-0.15, -0.1) is 0 Å². The third-order valence-corrected chi connectivity index (χ3v) is 17.1. The van der Waals surface area contributed by atoms with E-state index in [0.717, 1.165) is 57.4 Å². The molecule has 2 aromatic carbocycles. The van der Waals surface area contributed by atoms with Gasteiger partial charge in [0.25, 0.3) is 0 Å². The first-order chi connectivity index (χ1) is 24.8. The summed E-state index contributed by atoms with van der Waals surface area (Å²) in [6.45, 7) is 3.71. The van der Waals surface area contributed by atoms with Crippen molar-refractivity contribution >= 4 is 11.6 Å². The molecule has 10 heteroatoms. The molecule has 2 saturated heterocycles. The number of likely N-dealkylation sites (tertiary alicyclic amines) is 2. The van der Waals surface area contributed by atoms with Gasteiger partial charge in [0.15, 0.2) is 46.8 Å². The highest BCUT2D eigenvalue weighted by Crippen LogP contribution is 2.70. The number of nitrogens with zero attached hydrogens (tertiary/aromatic N) is 2. The lowest BCUT2D eigenvalue weighted by Crippen LogP contribution is -2.80. The third kappa shape index (κ3) is 3.29. The normalized spacial score (nSPS) is 45.6. The first kappa shape index (κ1) is 31.2. The van der Waals surface area contributed by atoms with Crippen LogP contribution in [0.25, 0.3) is 11.1 Å². The minimum absolute atomic E-state index is 0.0251. The summed E-state index contributed by atoms with van der Waals surface area (Å²) in [4.78, 5) is 27.4. The van der Waals surface area contributed by atoms with Crippen molar-refractivity contribution in [1.29, 1.82) is 0 Å². The number of phenols is 2. The van der Waals surface area contributed by atoms with E-state index in [1.807, 2.05) is 12.1 Å². The molecular weight excluding hydrogens is 660 g/mol. The zero-order chi connectivity index (χ0) is 35.5. The van der Waals surface area contributed by atoms with Gasteiger partial charge in [0.2, 0.25) is 0 Å². The number of likely N-dealkylation sites (N-methyl/N-ethyl adjacent to an activating group) is 2. The van der Waals surface area contributed by atoms with Crippen molar-refractivity contribution in [3.63, 3.8) is 0 Å². The van der Waals surface area contributed by atoms with Gasteiger partial charge in [0.1, 0.15) is 23.3 Å². The summed E-state index contributed by atoms with van der Waals surface area (Å²) in [5, 5.41) is 50.3. The lowest BCUT2D eigenvalue weighted by Gasteiger charge is -2.64. The Balaban J connectivity index is 1.05. The van der Waals surface area contributed by atoms with Crippen molar-refractivity contribution in [3.8, 4) is 34.1 Å². The molecule has 4 N–H and O–H groups in total. The summed E-state index contributed by atoms with van der Waals surface area (Å²) in [6.07, 6.45) is 6.86. The number of phenolic OH excluding ortho intramolecular Hbond substituents is 2. The summed E-state index contributed by atoms with van der Waals surface area (Å²) < 4.78 is 14.7. The molecular formula is C42H50N2O8+2. The number of aromatic hydroxyl groups is 2. The predicted octanol–water partition coefficient (Wildman–Crippen LogP) is 3.32. The fourth-order valence-corrected chi connectivity index (χ4v) is 14.4. The Labute approximate surface area is 303 Å². The van der Waals surface area contributed by atoms with Crippen molar-refractivity contribution in [2.75, 3.05) is 40.3 Å². The second-order valence-electron chi connectivity index (χ2n) is 19.6. The van der Waals surface area contributed by atoms with Crippen LogP contribution in [0.4, 0.5) is 0 Å². The minimum atomic E-state index is -1.13. The maximum atomic E-state index is 13.7. The number of aliphatic hydroxyl groups is 2. The molecule has 2 aromatic rings. The Morgan fingerprint density at radius 3 is 1.46 bits per heavy atom. The van der Waals surface area contributed by atoms with Crippen LogP contribution in [0.15, 0.2) is 12.1 Å². The molecule has 10 atom stereocenters. The van der Waals surface area contributed by atoms with Crippen LogP contribution >= 0.6 is 0 Å². The summed E-state index contributed by atoms with van der Waals surface area (Å²) in [7, 11) is 4.56. The Morgan fingerprint density at radius 1 is 0.673 bits per heavy atom. The molecule has 4 aliphatic heterocycles. The summed E-state index contributed by atoms with van der Waals surface area (Å²) >= 11 is 0. The first-order valence-electron chi connectivity index (χ1n) is 20.1. The molecule has 12 rings (SSSR count). The minimum Gasteiger partial charge on any atom is -0.504 e. The summed E-state index contributed by atoms with van der Waals surface area (Å²) in [6, 6.07) is 3.71. The van der Waals surface area contributed by atoms with Crippen LogP contribution in [0.5, 0.6) is 23.0 Å². The van der Waals surface area contributed by atoms with E-state index in [2.05, 4.69) is 14.1 Å². The van der Waals surface area contributed by atoms with Gasteiger partial charge in [-0.3, -0.25) is 9.59 Å². The SMILES string of the molecule is C[N@@+]1(CC2CC2)CC[C@]23c4c5cc(-c6cc7c8c(c6O)O[C@@H]6C(=O)CC[C@]9(O)[C@H](C7)[N@@+](C)(CC7CC7)CC[C@@]869)c(O)c4O[C@H]2C(=O)CC[C@@]3(O)[C@H]1C5. The third-order valence-electron chi connectivity index (χ3n) is 17.1. The zero-order valence-corrected chi connectivity index (χ0v) is 30.2. The molecule has 10 aliphatic rings. The van der Waals surface area contributed by atoms with Gasteiger partial charge in [-0.1, -0.05) is 0 Å². The van der Waals surface area contributed by atoms with Gasteiger partial charge in [-0.05, 0) is 61.8 Å². The molecule has 0 unspecified atom stereocenters. The molecule has 4 bridgehead atoms. The van der Waals surface area contributed by atoms with Gasteiger partial charge < -0.3 is 38.9 Å². The van der Waals surface area contributed by atoms with Gasteiger partial charge in [0.05, 0.1) is 51.1 Å². The Kier molecular flexibility index (Phi) is 5.51. The number of quaternary nitrogens is 2. The highest BCUT2D eigenvalue weighted by atomic mass is 16.5. The van der Waals surface area contributed by atoms with Crippen molar-refractivity contribution in [2.45, 2.75) is 123 Å². The van der Waals surface area contributed by atoms with Crippen LogP contribution in [-0.4, -0.2) is 117 Å². The van der Waals surface area contributed by atoms with E-state index in [1.54, 1.807) is 0 Å². The summed E-state index contributed by atoms with van der Waals surface area (Å²) in [5.74, 6) is 1.53. The molecule has 10 nitrogen and oxygen atoms in total. The van der Waals surface area contributed by atoms with Gasteiger partial charge in [-0.2, -0.15) is 0 Å². The topological polar surface area (TPSA) is 134 Å². The first-order valence-corrected chi connectivity index (χ1v) is 20.1. The fourth-order valence-electron chi connectivity index (χ4n) is 14.4. The lowest BCUT2D eigenvalue weighted by molar-refractivity contribution is -0.950. The van der Waals surface area contributed by atoms with Crippen LogP contribution < -0.4 is 9.47 Å². The molecule has 6 aliphatic carbocycles. The molecule has 52 heavy (non-hydrogen) atoms. The van der Waals surface area contributed by atoms with E-state index in [4.69, 9.17) is 9.47 Å². The molecule has 0 aromatic heterocycles. The smallest absolute Gasteiger partial charge is 0.174 e. The number of hydrogen-bond acceptors (Lipinski definition) is 8. The average molecular weight is 711 g/mol. The van der Waals surface area contributed by atoms with Crippen molar-refractivity contribution < 1.29 is 48.5 Å². The monoisotopic (exact) mass is 710 g/mol. The number of carbonyl (C=O) groups excluding carboxylic acids is 2. The number of ketones is 2. The van der Waals surface area contributed by atoms with E-state index < -0.39 is 34.2 Å². The number of rotatable bonds is 5. The number of Topliss-reactive ketones (excluding diaryl/α,β-unsaturated/α-hetero) is 2. The quantitative estimate of drug-likeness (QED) is 0.348. The largest absolute Gasteiger partial charge is 0.504 e. The number of benzene rings is 2. The highest BCUT2D eigenvalue weighted by Gasteiger charge is 2.78. The van der Waals surface area contributed by atoms with Crippen LogP contribution in [0.1, 0.15) is 86.5 Å². The number of piperidine rings is 2. The van der Waals surface area contributed by atoms with Crippen LogP contribution in [0.2, 0.25) is 0 Å². The lowest BCUT2D eigenvalue weighted by atomic mass is 9.48. The molecule has 4 saturated carbocycles. The van der Waals surface area contributed by atoms with Crippen LogP contribution in [0.3, 0.4) is 0 Å². The van der Waals surface area contributed by atoms with Gasteiger partial charge >= 0.3 is 0 Å². The Hall–Kier alpha value is -3.18. The molecule has 6 fully saturated rings. The molecule has 0 amide bonds. The average Bonchev–Trinajstić information content (AvgIpc) is 4.03. The molecule has 274 valence electrons. The standard InChI is InChI=1S/C42H48N2O8/c1-43(19-21-3-4-21)13-11-39-31-23-15-25(33(47)35(31)51-37(39)27(45)7-9-41(39,49)29(43)17-23)26-16-24-18-30-42(50)10-8-28(46)38-40(42,32(24)36(52-38)34(26)48)12-14-44(30,2)20-22-5-6-22/h15-16,21-22,29-30,37-38,49-50H,3-14,17-20H2,1-2H3/p+2/t29-,30+,37+,38-,39+,40-,41-,42+,43+,44-. The number of hydrogen-bond donors (Lipinski definition) is 4. The summed E-state index contributed by atoms with van der Waals surface area (Å²) in [5.41, 5.74) is 0.233. The highest BCUT2D eigenvalue weighted by molar-refractivity contribution is 5.94. The van der Waals surface area contributed by atoms with E-state index in [-0.39, 0.29) is 59.5 Å².